The smallest absolute Gasteiger partial charge is 0.0386 e. The summed E-state index contributed by atoms with van der Waals surface area (Å²) in [6.07, 6.45) is 6.29. The van der Waals surface area contributed by atoms with Gasteiger partial charge in [0.25, 0.3) is 0 Å². The highest BCUT2D eigenvalue weighted by atomic mass is 15.2. The summed E-state index contributed by atoms with van der Waals surface area (Å²) in [5.74, 6) is 0. The van der Waals surface area contributed by atoms with Crippen LogP contribution in [-0.4, -0.2) is 50.7 Å². The van der Waals surface area contributed by atoms with Gasteiger partial charge in [-0.1, -0.05) is 19.4 Å². The van der Waals surface area contributed by atoms with E-state index in [4.69, 9.17) is 5.73 Å². The largest absolute Gasteiger partial charge is 0.399 e. The van der Waals surface area contributed by atoms with Gasteiger partial charge in [-0.15, -0.1) is 0 Å². The van der Waals surface area contributed by atoms with E-state index >= 15 is 0 Å². The van der Waals surface area contributed by atoms with Crippen LogP contribution in [0.5, 0.6) is 0 Å². The van der Waals surface area contributed by atoms with E-state index in [2.05, 4.69) is 47.3 Å². The van der Waals surface area contributed by atoms with Crippen LogP contribution in [0.3, 0.4) is 0 Å². The van der Waals surface area contributed by atoms with Crippen LogP contribution in [0, 0.1) is 0 Å². The van der Waals surface area contributed by atoms with Gasteiger partial charge in [0.15, 0.2) is 0 Å². The number of nitrogen functional groups attached to an aromatic ring is 1. The van der Waals surface area contributed by atoms with Gasteiger partial charge in [0.05, 0.1) is 0 Å². The summed E-state index contributed by atoms with van der Waals surface area (Å²) in [7, 11) is 4.38. The van der Waals surface area contributed by atoms with E-state index in [0.29, 0.717) is 12.1 Å². The number of anilines is 2. The number of rotatable bonds is 8. The normalized spacial score (nSPS) is 17.7. The van der Waals surface area contributed by atoms with Crippen LogP contribution in [0.2, 0.25) is 0 Å². The quantitative estimate of drug-likeness (QED) is 0.723. The maximum Gasteiger partial charge on any atom is 0.0386 e. The van der Waals surface area contributed by atoms with Gasteiger partial charge in [0.1, 0.15) is 0 Å². The second-order valence-electron chi connectivity index (χ2n) is 6.81. The van der Waals surface area contributed by atoms with E-state index in [1.165, 1.54) is 37.8 Å². The summed E-state index contributed by atoms with van der Waals surface area (Å²) in [5, 5.41) is 3.30. The summed E-state index contributed by atoms with van der Waals surface area (Å²) < 4.78 is 0. The molecule has 0 aromatic heterocycles. The fourth-order valence-electron chi connectivity index (χ4n) is 3.75. The third-order valence-electron chi connectivity index (χ3n) is 5.20. The SMILES string of the molecule is CCCC(CCNC)N(C)C1CCN(c2cccc(N)c2)CC1. The Bertz CT molecular complexity index is 454. The molecule has 1 heterocycles. The fraction of sp³-hybridized carbons (Fsp3) is 0.684. The van der Waals surface area contributed by atoms with Crippen LogP contribution in [0.1, 0.15) is 39.0 Å². The summed E-state index contributed by atoms with van der Waals surface area (Å²) in [5.41, 5.74) is 8.05. The van der Waals surface area contributed by atoms with Gasteiger partial charge < -0.3 is 20.9 Å². The molecule has 1 fully saturated rings. The molecule has 23 heavy (non-hydrogen) atoms. The van der Waals surface area contributed by atoms with Gasteiger partial charge in [0.2, 0.25) is 0 Å². The van der Waals surface area contributed by atoms with Crippen molar-refractivity contribution in [2.45, 2.75) is 51.1 Å². The molecule has 0 bridgehead atoms. The summed E-state index contributed by atoms with van der Waals surface area (Å²) in [4.78, 5) is 5.13. The molecule has 4 heteroatoms. The molecule has 4 nitrogen and oxygen atoms in total. The number of hydrogen-bond acceptors (Lipinski definition) is 4. The van der Waals surface area contributed by atoms with E-state index in [1.54, 1.807) is 0 Å². The van der Waals surface area contributed by atoms with Crippen molar-refractivity contribution in [3.05, 3.63) is 24.3 Å². The lowest BCUT2D eigenvalue weighted by Crippen LogP contribution is -2.47. The molecule has 1 unspecified atom stereocenters. The molecule has 3 N–H and O–H groups in total. The first-order chi connectivity index (χ1) is 11.2. The average Bonchev–Trinajstić information content (AvgIpc) is 2.58. The molecule has 1 saturated heterocycles. The minimum Gasteiger partial charge on any atom is -0.399 e. The number of nitrogens with two attached hydrogens (primary N) is 1. The second-order valence-corrected chi connectivity index (χ2v) is 6.81. The molecule has 1 aliphatic heterocycles. The summed E-state index contributed by atoms with van der Waals surface area (Å²) in [6.45, 7) is 5.66. The molecule has 0 spiro atoms. The Balaban J connectivity index is 1.89. The highest BCUT2D eigenvalue weighted by Gasteiger charge is 2.26. The molecule has 0 aliphatic carbocycles. The summed E-state index contributed by atoms with van der Waals surface area (Å²) >= 11 is 0. The van der Waals surface area contributed by atoms with E-state index in [-0.39, 0.29) is 0 Å². The van der Waals surface area contributed by atoms with E-state index < -0.39 is 0 Å². The Morgan fingerprint density at radius 3 is 2.65 bits per heavy atom. The van der Waals surface area contributed by atoms with E-state index in [0.717, 1.165) is 25.3 Å². The van der Waals surface area contributed by atoms with Gasteiger partial charge in [-0.3, -0.25) is 0 Å². The standard InChI is InChI=1S/C19H34N4/c1-4-6-17(9-12-21-2)22(3)18-10-13-23(14-11-18)19-8-5-7-16(20)15-19/h5,7-8,15,17-18,21H,4,6,9-14,20H2,1-3H3. The van der Waals surface area contributed by atoms with Crippen molar-refractivity contribution in [2.75, 3.05) is 44.4 Å². The fourth-order valence-corrected chi connectivity index (χ4v) is 3.75. The molecular weight excluding hydrogens is 284 g/mol. The molecule has 130 valence electrons. The van der Waals surface area contributed by atoms with Crippen molar-refractivity contribution < 1.29 is 0 Å². The lowest BCUT2D eigenvalue weighted by molar-refractivity contribution is 0.134. The second kappa shape index (κ2) is 9.14. The maximum atomic E-state index is 5.92. The molecular formula is C19H34N4. The van der Waals surface area contributed by atoms with Crippen LogP contribution in [0.25, 0.3) is 0 Å². The Morgan fingerprint density at radius 1 is 1.30 bits per heavy atom. The maximum absolute atomic E-state index is 5.92. The van der Waals surface area contributed by atoms with Crippen molar-refractivity contribution in [2.24, 2.45) is 0 Å². The Morgan fingerprint density at radius 2 is 2.04 bits per heavy atom. The van der Waals surface area contributed by atoms with Crippen molar-refractivity contribution in [3.63, 3.8) is 0 Å². The first-order valence-electron chi connectivity index (χ1n) is 9.12. The lowest BCUT2D eigenvalue weighted by Gasteiger charge is -2.41. The van der Waals surface area contributed by atoms with Gasteiger partial charge in [-0.25, -0.2) is 0 Å². The predicted molar refractivity (Wildman–Crippen MR) is 101 cm³/mol. The van der Waals surface area contributed by atoms with Crippen molar-refractivity contribution >= 4 is 11.4 Å². The average molecular weight is 319 g/mol. The lowest BCUT2D eigenvalue weighted by atomic mass is 9.98. The summed E-state index contributed by atoms with van der Waals surface area (Å²) in [6, 6.07) is 9.69. The Labute approximate surface area is 142 Å². The predicted octanol–water partition coefficient (Wildman–Crippen LogP) is 2.95. The van der Waals surface area contributed by atoms with Crippen molar-refractivity contribution in [1.82, 2.24) is 10.2 Å². The van der Waals surface area contributed by atoms with Gasteiger partial charge in [-0.2, -0.15) is 0 Å². The van der Waals surface area contributed by atoms with Gasteiger partial charge in [-0.05, 0) is 64.5 Å². The van der Waals surface area contributed by atoms with Crippen LogP contribution in [0.4, 0.5) is 11.4 Å². The number of hydrogen-bond donors (Lipinski definition) is 2. The number of piperidine rings is 1. The van der Waals surface area contributed by atoms with Crippen LogP contribution >= 0.6 is 0 Å². The van der Waals surface area contributed by atoms with Crippen LogP contribution in [-0.2, 0) is 0 Å². The highest BCUT2D eigenvalue weighted by molar-refractivity contribution is 5.56. The molecule has 1 aromatic carbocycles. The molecule has 1 aromatic rings. The zero-order valence-corrected chi connectivity index (χ0v) is 15.1. The van der Waals surface area contributed by atoms with Crippen molar-refractivity contribution in [1.29, 1.82) is 0 Å². The minimum atomic E-state index is 0.705. The van der Waals surface area contributed by atoms with Gasteiger partial charge in [0, 0.05) is 36.5 Å². The minimum absolute atomic E-state index is 0.705. The third-order valence-corrected chi connectivity index (χ3v) is 5.20. The van der Waals surface area contributed by atoms with Gasteiger partial charge >= 0.3 is 0 Å². The molecule has 2 rings (SSSR count). The first kappa shape index (κ1) is 18.1. The highest BCUT2D eigenvalue weighted by Crippen LogP contribution is 2.25. The van der Waals surface area contributed by atoms with E-state index in [9.17, 15) is 0 Å². The Hall–Kier alpha value is -1.26. The zero-order chi connectivity index (χ0) is 16.7. The monoisotopic (exact) mass is 318 g/mol. The van der Waals surface area contributed by atoms with Crippen LogP contribution in [0.15, 0.2) is 24.3 Å². The molecule has 0 amide bonds. The molecule has 0 saturated carbocycles. The molecule has 1 atom stereocenters. The third kappa shape index (κ3) is 5.11. The first-order valence-corrected chi connectivity index (χ1v) is 9.12. The molecule has 1 aliphatic rings. The topological polar surface area (TPSA) is 44.5 Å². The zero-order valence-electron chi connectivity index (χ0n) is 15.1. The number of nitrogens with zero attached hydrogens (tertiary/aromatic N) is 2. The molecule has 0 radical (unpaired) electrons. The van der Waals surface area contributed by atoms with Crippen LogP contribution < -0.4 is 16.0 Å². The van der Waals surface area contributed by atoms with Crippen molar-refractivity contribution in [3.8, 4) is 0 Å². The number of benzene rings is 1. The number of nitrogens with one attached hydrogen (secondary N) is 1. The Kier molecular flexibility index (Phi) is 7.18. The van der Waals surface area contributed by atoms with E-state index in [1.807, 2.05) is 13.1 Å².